The molecule has 0 aliphatic carbocycles. The molecule has 31 heavy (non-hydrogen) atoms. The molecular formula is C26H22I2O3. The van der Waals surface area contributed by atoms with Crippen molar-refractivity contribution in [2.75, 3.05) is 0 Å². The molecule has 0 aliphatic rings. The van der Waals surface area contributed by atoms with E-state index >= 15 is 0 Å². The second-order valence-corrected chi connectivity index (χ2v) is 9.87. The number of rotatable bonds is 7. The highest BCUT2D eigenvalue weighted by atomic mass is 127. The second-order valence-electron chi connectivity index (χ2n) is 7.54. The number of carbonyl (C=O) groups excluding carboxylic acids is 1. The van der Waals surface area contributed by atoms with Gasteiger partial charge in [-0.05, 0) is 93.8 Å². The predicted octanol–water partition coefficient (Wildman–Crippen LogP) is 7.32. The Balaban J connectivity index is 1.61. The molecule has 1 N–H and O–H groups in total. The smallest absolute Gasteiger partial charge is 0.197 e. The van der Waals surface area contributed by atoms with Gasteiger partial charge in [-0.25, -0.2) is 0 Å². The van der Waals surface area contributed by atoms with E-state index in [4.69, 9.17) is 4.42 Å². The van der Waals surface area contributed by atoms with Gasteiger partial charge in [-0.3, -0.25) is 4.79 Å². The first-order valence-corrected chi connectivity index (χ1v) is 12.4. The van der Waals surface area contributed by atoms with Crippen molar-refractivity contribution in [2.45, 2.75) is 32.6 Å². The van der Waals surface area contributed by atoms with Crippen molar-refractivity contribution in [3.63, 3.8) is 0 Å². The molecule has 0 fully saturated rings. The van der Waals surface area contributed by atoms with Crippen LogP contribution in [0, 0.1) is 7.14 Å². The zero-order valence-electron chi connectivity index (χ0n) is 17.1. The van der Waals surface area contributed by atoms with Crippen LogP contribution in [-0.4, -0.2) is 10.9 Å². The summed E-state index contributed by atoms with van der Waals surface area (Å²) in [5.74, 6) is 0.855. The summed E-state index contributed by atoms with van der Waals surface area (Å²) in [6, 6.07) is 20.2. The van der Waals surface area contributed by atoms with Gasteiger partial charge in [0.25, 0.3) is 0 Å². The Morgan fingerprint density at radius 3 is 2.29 bits per heavy atom. The third-order valence-corrected chi connectivity index (χ3v) is 7.07. The molecule has 158 valence electrons. The maximum atomic E-state index is 13.4. The summed E-state index contributed by atoms with van der Waals surface area (Å²) in [5.41, 5.74) is 4.52. The number of carbonyl (C=O) groups is 1. The van der Waals surface area contributed by atoms with Gasteiger partial charge in [0, 0.05) is 17.4 Å². The van der Waals surface area contributed by atoms with E-state index in [0.717, 1.165) is 30.2 Å². The SMILES string of the molecule is CCc1oc2cc(CCCc3ccccc3)ccc2c1C(=O)c1cc(I)c(O)c(I)c1. The highest BCUT2D eigenvalue weighted by molar-refractivity contribution is 14.1. The van der Waals surface area contributed by atoms with Gasteiger partial charge < -0.3 is 9.52 Å². The molecule has 0 spiro atoms. The molecule has 3 aromatic carbocycles. The fraction of sp³-hybridized carbons (Fsp3) is 0.192. The van der Waals surface area contributed by atoms with E-state index in [2.05, 4.69) is 81.6 Å². The molecule has 0 saturated carbocycles. The van der Waals surface area contributed by atoms with Crippen molar-refractivity contribution >= 4 is 61.9 Å². The number of phenolic OH excluding ortho intramolecular Hbond substituents is 1. The third kappa shape index (κ3) is 4.82. The van der Waals surface area contributed by atoms with Gasteiger partial charge in [-0.15, -0.1) is 0 Å². The van der Waals surface area contributed by atoms with Crippen LogP contribution in [0.4, 0.5) is 0 Å². The van der Waals surface area contributed by atoms with Crippen LogP contribution in [-0.2, 0) is 19.3 Å². The minimum absolute atomic E-state index is 0.0664. The molecule has 4 aromatic rings. The van der Waals surface area contributed by atoms with Crippen molar-refractivity contribution in [3.8, 4) is 5.75 Å². The second kappa shape index (κ2) is 9.73. The number of aromatic hydroxyl groups is 1. The lowest BCUT2D eigenvalue weighted by Crippen LogP contribution is -2.04. The third-order valence-electron chi connectivity index (χ3n) is 5.43. The number of fused-ring (bicyclic) bond motifs is 1. The summed E-state index contributed by atoms with van der Waals surface area (Å²) in [7, 11) is 0. The largest absolute Gasteiger partial charge is 0.506 e. The van der Waals surface area contributed by atoms with Crippen LogP contribution in [0.25, 0.3) is 11.0 Å². The number of halogens is 2. The van der Waals surface area contributed by atoms with Crippen LogP contribution < -0.4 is 0 Å². The Morgan fingerprint density at radius 2 is 1.61 bits per heavy atom. The van der Waals surface area contributed by atoms with Crippen molar-refractivity contribution in [1.29, 1.82) is 0 Å². The molecular weight excluding hydrogens is 614 g/mol. The molecule has 0 atom stereocenters. The molecule has 5 heteroatoms. The average molecular weight is 636 g/mol. The number of benzene rings is 3. The Bertz CT molecular complexity index is 1220. The molecule has 3 nitrogen and oxygen atoms in total. The van der Waals surface area contributed by atoms with E-state index in [0.29, 0.717) is 30.4 Å². The molecule has 0 aliphatic heterocycles. The number of phenols is 1. The minimum atomic E-state index is -0.0664. The van der Waals surface area contributed by atoms with Gasteiger partial charge >= 0.3 is 0 Å². The molecule has 0 saturated heterocycles. The van der Waals surface area contributed by atoms with E-state index in [9.17, 15) is 9.90 Å². The lowest BCUT2D eigenvalue weighted by Gasteiger charge is -2.06. The zero-order chi connectivity index (χ0) is 22.0. The van der Waals surface area contributed by atoms with E-state index in [1.807, 2.05) is 19.1 Å². The van der Waals surface area contributed by atoms with E-state index < -0.39 is 0 Å². The van der Waals surface area contributed by atoms with Gasteiger partial charge in [0.1, 0.15) is 17.1 Å². The van der Waals surface area contributed by atoms with Crippen LogP contribution in [0.15, 0.2) is 65.1 Å². The van der Waals surface area contributed by atoms with Crippen molar-refractivity contribution in [3.05, 3.63) is 95.8 Å². The fourth-order valence-electron chi connectivity index (χ4n) is 3.83. The highest BCUT2D eigenvalue weighted by Crippen LogP contribution is 2.33. The quantitative estimate of drug-likeness (QED) is 0.171. The fourth-order valence-corrected chi connectivity index (χ4v) is 5.60. The summed E-state index contributed by atoms with van der Waals surface area (Å²) < 4.78 is 7.44. The van der Waals surface area contributed by atoms with Crippen molar-refractivity contribution in [1.82, 2.24) is 0 Å². The van der Waals surface area contributed by atoms with Crippen molar-refractivity contribution < 1.29 is 14.3 Å². The van der Waals surface area contributed by atoms with Gasteiger partial charge in [-0.1, -0.05) is 49.4 Å². The van der Waals surface area contributed by atoms with Crippen LogP contribution >= 0.6 is 45.2 Å². The molecule has 0 radical (unpaired) electrons. The summed E-state index contributed by atoms with van der Waals surface area (Å²) in [6.07, 6.45) is 3.71. The van der Waals surface area contributed by atoms with Crippen LogP contribution in [0.2, 0.25) is 0 Å². The topological polar surface area (TPSA) is 50.4 Å². The Hall–Kier alpha value is -1.87. The summed E-state index contributed by atoms with van der Waals surface area (Å²) >= 11 is 4.11. The van der Waals surface area contributed by atoms with Gasteiger partial charge in [0.2, 0.25) is 0 Å². The van der Waals surface area contributed by atoms with Crippen LogP contribution in [0.3, 0.4) is 0 Å². The number of hydrogen-bond acceptors (Lipinski definition) is 3. The molecule has 1 heterocycles. The summed E-state index contributed by atoms with van der Waals surface area (Å²) in [6.45, 7) is 2.00. The maximum Gasteiger partial charge on any atom is 0.197 e. The number of aryl methyl sites for hydroxylation is 3. The normalized spacial score (nSPS) is 11.2. The van der Waals surface area contributed by atoms with Crippen LogP contribution in [0.5, 0.6) is 5.75 Å². The minimum Gasteiger partial charge on any atom is -0.506 e. The van der Waals surface area contributed by atoms with E-state index in [-0.39, 0.29) is 11.5 Å². The van der Waals surface area contributed by atoms with Gasteiger partial charge in [0.05, 0.1) is 12.7 Å². The first-order valence-electron chi connectivity index (χ1n) is 10.3. The average Bonchev–Trinajstić information content (AvgIpc) is 3.15. The van der Waals surface area contributed by atoms with Crippen LogP contribution in [0.1, 0.15) is 46.2 Å². The highest BCUT2D eigenvalue weighted by Gasteiger charge is 2.22. The molecule has 0 amide bonds. The van der Waals surface area contributed by atoms with E-state index in [1.54, 1.807) is 12.1 Å². The number of furan rings is 1. The molecule has 1 aromatic heterocycles. The Labute approximate surface area is 209 Å². The predicted molar refractivity (Wildman–Crippen MR) is 141 cm³/mol. The van der Waals surface area contributed by atoms with E-state index in [1.165, 1.54) is 11.1 Å². The summed E-state index contributed by atoms with van der Waals surface area (Å²) in [5, 5.41) is 10.9. The van der Waals surface area contributed by atoms with Gasteiger partial charge in [-0.2, -0.15) is 0 Å². The number of hydrogen-bond donors (Lipinski definition) is 1. The standard InChI is InChI=1S/C26H22I2O3/c1-2-22-24(25(29)18-14-20(27)26(30)21(28)15-18)19-12-11-17(13-23(19)31-22)10-6-9-16-7-4-3-5-8-16/h3-5,7-8,11-15,30H,2,6,9-10H2,1H3. The monoisotopic (exact) mass is 636 g/mol. The molecule has 4 rings (SSSR count). The number of ketones is 1. The molecule has 0 bridgehead atoms. The Kier molecular flexibility index (Phi) is 7.01. The maximum absolute atomic E-state index is 13.4. The van der Waals surface area contributed by atoms with Crippen molar-refractivity contribution in [2.24, 2.45) is 0 Å². The summed E-state index contributed by atoms with van der Waals surface area (Å²) in [4.78, 5) is 13.4. The zero-order valence-corrected chi connectivity index (χ0v) is 21.4. The lowest BCUT2D eigenvalue weighted by molar-refractivity contribution is 0.103. The van der Waals surface area contributed by atoms with Gasteiger partial charge in [0.15, 0.2) is 5.78 Å². The lowest BCUT2D eigenvalue weighted by atomic mass is 9.97. The first-order chi connectivity index (χ1) is 15.0. The Morgan fingerprint density at radius 1 is 0.935 bits per heavy atom. The molecule has 0 unspecified atom stereocenters. The first kappa shape index (κ1) is 22.3.